The van der Waals surface area contributed by atoms with Crippen LogP contribution in [0, 0.1) is 0 Å². The third-order valence-electron chi connectivity index (χ3n) is 10.9. The molecule has 2 fully saturated rings. The zero-order valence-electron chi connectivity index (χ0n) is 31.9. The van der Waals surface area contributed by atoms with Gasteiger partial charge < -0.3 is 25.1 Å². The van der Waals surface area contributed by atoms with Gasteiger partial charge in [-0.1, -0.05) is 36.4 Å². The summed E-state index contributed by atoms with van der Waals surface area (Å²) in [6, 6.07) is 23.1. The van der Waals surface area contributed by atoms with Crippen LogP contribution >= 0.6 is 11.3 Å². The summed E-state index contributed by atoms with van der Waals surface area (Å²) < 4.78 is 4.78. The minimum absolute atomic E-state index is 0.0979. The van der Waals surface area contributed by atoms with E-state index in [2.05, 4.69) is 20.4 Å². The van der Waals surface area contributed by atoms with E-state index in [1.54, 1.807) is 18.2 Å². The van der Waals surface area contributed by atoms with E-state index < -0.39 is 0 Å². The lowest BCUT2D eigenvalue weighted by atomic mass is 9.95. The third kappa shape index (κ3) is 9.79. The maximum atomic E-state index is 13.9. The van der Waals surface area contributed by atoms with Gasteiger partial charge in [-0.05, 0) is 110 Å². The maximum Gasteiger partial charge on any atom is 0.337 e. The number of nitrogens with zero attached hydrogens (tertiary/aromatic N) is 3. The van der Waals surface area contributed by atoms with Crippen LogP contribution in [-0.4, -0.2) is 97.1 Å². The van der Waals surface area contributed by atoms with Gasteiger partial charge in [-0.3, -0.25) is 24.2 Å². The van der Waals surface area contributed by atoms with Crippen molar-refractivity contribution in [1.82, 2.24) is 14.7 Å². The number of thiophene rings is 1. The Balaban J connectivity index is 0.980. The summed E-state index contributed by atoms with van der Waals surface area (Å²) in [7, 11) is 1.37. The summed E-state index contributed by atoms with van der Waals surface area (Å²) in [5, 5.41) is 6.75. The molecule has 0 unspecified atom stereocenters. The quantitative estimate of drug-likeness (QED) is 0.111. The third-order valence-corrected chi connectivity index (χ3v) is 12.2. The van der Waals surface area contributed by atoms with Crippen molar-refractivity contribution in [2.24, 2.45) is 0 Å². The molecule has 7 rings (SSSR count). The molecule has 0 spiro atoms. The number of anilines is 2. The molecule has 1 aliphatic heterocycles. The number of esters is 1. The van der Waals surface area contributed by atoms with Gasteiger partial charge in [-0.25, -0.2) is 4.79 Å². The van der Waals surface area contributed by atoms with Crippen molar-refractivity contribution in [1.29, 1.82) is 0 Å². The van der Waals surface area contributed by atoms with E-state index >= 15 is 0 Å². The van der Waals surface area contributed by atoms with Crippen molar-refractivity contribution < 1.29 is 28.7 Å². The van der Waals surface area contributed by atoms with Gasteiger partial charge in [0.05, 0.1) is 31.3 Å². The number of aryl methyl sites for hydroxylation is 3. The van der Waals surface area contributed by atoms with E-state index in [-0.39, 0.29) is 23.7 Å². The summed E-state index contributed by atoms with van der Waals surface area (Å²) in [5.74, 6) is -0.761. The molecule has 0 atom stereocenters. The number of ether oxygens (including phenoxy) is 1. The van der Waals surface area contributed by atoms with Crippen molar-refractivity contribution in [2.75, 3.05) is 57.0 Å². The van der Waals surface area contributed by atoms with Crippen LogP contribution in [0.4, 0.5) is 10.7 Å². The van der Waals surface area contributed by atoms with Crippen LogP contribution in [0.3, 0.4) is 0 Å². The number of nitrogens with one attached hydrogen (secondary N) is 2. The fourth-order valence-corrected chi connectivity index (χ4v) is 8.87. The summed E-state index contributed by atoms with van der Waals surface area (Å²) in [5.41, 5.74) is 6.47. The first-order valence-electron chi connectivity index (χ1n) is 19.6. The van der Waals surface area contributed by atoms with E-state index in [9.17, 15) is 24.0 Å². The molecule has 2 N–H and O–H groups in total. The summed E-state index contributed by atoms with van der Waals surface area (Å²) in [6.07, 6.45) is 8.35. The van der Waals surface area contributed by atoms with Gasteiger partial charge in [0, 0.05) is 54.9 Å². The van der Waals surface area contributed by atoms with Crippen LogP contribution in [0.2, 0.25) is 0 Å². The number of rotatable bonds is 15. The topological polar surface area (TPSA) is 128 Å². The number of carbonyl (C=O) groups excluding carboxylic acids is 5. The van der Waals surface area contributed by atoms with E-state index in [0.29, 0.717) is 79.2 Å². The Bertz CT molecular complexity index is 2050. The maximum absolute atomic E-state index is 13.9. The molecule has 3 aromatic carbocycles. The molecule has 1 saturated heterocycles. The van der Waals surface area contributed by atoms with E-state index in [1.807, 2.05) is 59.5 Å². The van der Waals surface area contributed by atoms with Crippen LogP contribution in [0.15, 0.2) is 72.8 Å². The lowest BCUT2D eigenvalue weighted by Crippen LogP contribution is -2.51. The van der Waals surface area contributed by atoms with Crippen molar-refractivity contribution in [3.8, 4) is 0 Å². The zero-order chi connectivity index (χ0) is 39.0. The zero-order valence-corrected chi connectivity index (χ0v) is 32.7. The lowest BCUT2D eigenvalue weighted by Gasteiger charge is -2.35. The predicted molar refractivity (Wildman–Crippen MR) is 217 cm³/mol. The summed E-state index contributed by atoms with van der Waals surface area (Å²) in [6.45, 7) is 3.94. The normalized spacial score (nSPS) is 15.6. The van der Waals surface area contributed by atoms with Crippen LogP contribution in [0.25, 0.3) is 0 Å². The Morgan fingerprint density at radius 2 is 1.52 bits per heavy atom. The van der Waals surface area contributed by atoms with Crippen LogP contribution in [-0.2, 0) is 46.6 Å². The molecule has 3 aliphatic rings. The first kappa shape index (κ1) is 39.1. The Morgan fingerprint density at radius 1 is 0.821 bits per heavy atom. The van der Waals surface area contributed by atoms with Gasteiger partial charge in [-0.2, -0.15) is 0 Å². The van der Waals surface area contributed by atoms with Crippen molar-refractivity contribution in [3.05, 3.63) is 117 Å². The second-order valence-electron chi connectivity index (χ2n) is 14.9. The molecule has 292 valence electrons. The summed E-state index contributed by atoms with van der Waals surface area (Å²) >= 11 is 1.50. The number of aldehydes is 1. The highest BCUT2D eigenvalue weighted by Gasteiger charge is 2.32. The molecule has 12 heteroatoms. The fraction of sp³-hybridized carbons (Fsp3) is 0.386. The van der Waals surface area contributed by atoms with Crippen LogP contribution in [0.5, 0.6) is 0 Å². The second kappa shape index (κ2) is 18.2. The van der Waals surface area contributed by atoms with Gasteiger partial charge in [0.25, 0.3) is 11.8 Å². The highest BCUT2D eigenvalue weighted by atomic mass is 32.1. The smallest absolute Gasteiger partial charge is 0.337 e. The van der Waals surface area contributed by atoms with Crippen molar-refractivity contribution >= 4 is 52.0 Å². The minimum Gasteiger partial charge on any atom is -0.465 e. The molecule has 1 saturated carbocycles. The molecular formula is C44H49N5O6S. The van der Waals surface area contributed by atoms with Gasteiger partial charge in [0.1, 0.15) is 11.3 Å². The number of methoxy groups -OCH3 is 1. The molecule has 4 aromatic rings. The van der Waals surface area contributed by atoms with Gasteiger partial charge >= 0.3 is 5.97 Å². The lowest BCUT2D eigenvalue weighted by molar-refractivity contribution is -0.134. The largest absolute Gasteiger partial charge is 0.465 e. The molecule has 3 amide bonds. The molecule has 11 nitrogen and oxygen atoms in total. The highest BCUT2D eigenvalue weighted by Crippen LogP contribution is 2.39. The molecule has 1 aromatic heterocycles. The van der Waals surface area contributed by atoms with Crippen LogP contribution in [0.1, 0.15) is 83.9 Å². The number of hydrogen-bond acceptors (Lipinski definition) is 9. The van der Waals surface area contributed by atoms with Crippen LogP contribution < -0.4 is 10.6 Å². The van der Waals surface area contributed by atoms with Crippen molar-refractivity contribution in [3.63, 3.8) is 0 Å². The first-order valence-corrected chi connectivity index (χ1v) is 20.4. The first-order chi connectivity index (χ1) is 27.3. The van der Waals surface area contributed by atoms with Gasteiger partial charge in [-0.15, -0.1) is 11.3 Å². The number of fused-ring (bicyclic) bond motifs is 1. The highest BCUT2D eigenvalue weighted by molar-refractivity contribution is 7.17. The number of carbonyl (C=O) groups is 5. The van der Waals surface area contributed by atoms with Gasteiger partial charge in [0.2, 0.25) is 5.91 Å². The standard InChI is InChI=1S/C44H49N5O6S/c1-55-44(54)33-15-11-30(12-16-33)9-10-31-13-17-35(18-14-31)45-42(53)40-37-7-2-3-8-38(37)56-43(40)46-41(52)34-6-4-5-32(27-34)28-49(36-19-20-36)29-39(51)48-23-21-47(22-24-48)25-26-50/h4-6,11-18,26-27,36H,2-3,7-10,19-25,28-29H2,1H3,(H,45,53)(H,46,52). The Labute approximate surface area is 332 Å². The van der Waals surface area contributed by atoms with Crippen molar-refractivity contribution in [2.45, 2.75) is 64.0 Å². The van der Waals surface area contributed by atoms with E-state index in [1.165, 1.54) is 18.4 Å². The van der Waals surface area contributed by atoms with Gasteiger partial charge in [0.15, 0.2) is 0 Å². The van der Waals surface area contributed by atoms with E-state index in [0.717, 1.165) is 84.8 Å². The Kier molecular flexibility index (Phi) is 12.7. The predicted octanol–water partition coefficient (Wildman–Crippen LogP) is 6.01. The number of piperazine rings is 1. The molecule has 0 bridgehead atoms. The SMILES string of the molecule is COC(=O)c1ccc(CCc2ccc(NC(=O)c3c(NC(=O)c4cccc(CN(CC(=O)N5CCN(CC=O)CC5)C5CC5)c4)sc4c3CCCC4)cc2)cc1. The minimum atomic E-state index is -0.352. The molecular weight excluding hydrogens is 727 g/mol. The molecule has 2 aliphatic carbocycles. The number of hydrogen-bond donors (Lipinski definition) is 2. The van der Waals surface area contributed by atoms with E-state index in [4.69, 9.17) is 4.74 Å². The molecule has 2 heterocycles. The monoisotopic (exact) mass is 775 g/mol. The average molecular weight is 776 g/mol. The average Bonchev–Trinajstić information content (AvgIpc) is 4.01. The molecule has 0 radical (unpaired) electrons. The molecule has 56 heavy (non-hydrogen) atoms. The Hall–Kier alpha value is -5.17. The number of benzene rings is 3. The number of amides is 3. The fourth-order valence-electron chi connectivity index (χ4n) is 7.59. The second-order valence-corrected chi connectivity index (χ2v) is 16.0. The Morgan fingerprint density at radius 3 is 2.20 bits per heavy atom. The summed E-state index contributed by atoms with van der Waals surface area (Å²) in [4.78, 5) is 70.9.